The molecular formula is C16H23ClN4O. The van der Waals surface area contributed by atoms with Gasteiger partial charge in [-0.05, 0) is 19.4 Å². The zero-order valence-electron chi connectivity index (χ0n) is 13.3. The highest BCUT2D eigenvalue weighted by Gasteiger charge is 2.19. The second-order valence-corrected chi connectivity index (χ2v) is 5.49. The summed E-state index contributed by atoms with van der Waals surface area (Å²) in [6.07, 6.45) is 0. The summed E-state index contributed by atoms with van der Waals surface area (Å²) in [7, 11) is 1.81. The number of benzene rings is 1. The molecule has 1 amide bonds. The minimum atomic E-state index is -0.248. The molecule has 2 unspecified atom stereocenters. The number of carbonyl (C=O) groups excluding carboxylic acids is 1. The van der Waals surface area contributed by atoms with E-state index in [0.717, 1.165) is 16.8 Å². The Labute approximate surface area is 137 Å². The Balaban J connectivity index is 0.00000242. The number of hydrogen-bond acceptors (Lipinski definition) is 3. The van der Waals surface area contributed by atoms with Crippen molar-refractivity contribution in [3.8, 4) is 11.3 Å². The Bertz CT molecular complexity index is 651. The molecule has 2 rings (SSSR count). The highest BCUT2D eigenvalue weighted by atomic mass is 35.5. The summed E-state index contributed by atoms with van der Waals surface area (Å²) in [5, 5.41) is 7.35. The summed E-state index contributed by atoms with van der Waals surface area (Å²) in [6, 6.07) is 9.74. The van der Waals surface area contributed by atoms with Crippen LogP contribution >= 0.6 is 12.4 Å². The molecule has 0 saturated heterocycles. The summed E-state index contributed by atoms with van der Waals surface area (Å²) in [4.78, 5) is 12.1. The average molecular weight is 323 g/mol. The molecule has 6 heteroatoms. The van der Waals surface area contributed by atoms with Gasteiger partial charge in [-0.1, -0.05) is 31.2 Å². The summed E-state index contributed by atoms with van der Waals surface area (Å²) >= 11 is 0. The summed E-state index contributed by atoms with van der Waals surface area (Å²) in [5.41, 5.74) is 8.82. The number of nitrogens with zero attached hydrogens (tertiary/aromatic N) is 2. The Kier molecular flexibility index (Phi) is 6.14. The van der Waals surface area contributed by atoms with Gasteiger partial charge in [0, 0.05) is 24.7 Å². The van der Waals surface area contributed by atoms with E-state index in [4.69, 9.17) is 5.73 Å². The van der Waals surface area contributed by atoms with Crippen LogP contribution in [-0.4, -0.2) is 21.7 Å². The van der Waals surface area contributed by atoms with Crippen LogP contribution in [0.4, 0.5) is 5.82 Å². The molecule has 0 aliphatic heterocycles. The third-order valence-electron chi connectivity index (χ3n) is 3.75. The first-order valence-electron chi connectivity index (χ1n) is 7.06. The maximum atomic E-state index is 12.1. The number of nitrogens with one attached hydrogen (secondary N) is 1. The largest absolute Gasteiger partial charge is 0.327 e. The zero-order chi connectivity index (χ0) is 15.6. The second kappa shape index (κ2) is 7.42. The normalized spacial score (nSPS) is 13.1. The van der Waals surface area contributed by atoms with Crippen LogP contribution in [-0.2, 0) is 11.8 Å². The van der Waals surface area contributed by atoms with Crippen molar-refractivity contribution in [2.75, 3.05) is 5.32 Å². The zero-order valence-corrected chi connectivity index (χ0v) is 14.1. The molecule has 120 valence electrons. The fraction of sp³-hybridized carbons (Fsp3) is 0.375. The number of hydrogen-bond donors (Lipinski definition) is 2. The van der Waals surface area contributed by atoms with E-state index in [-0.39, 0.29) is 30.3 Å². The molecular weight excluding hydrogens is 300 g/mol. The van der Waals surface area contributed by atoms with Crippen molar-refractivity contribution in [2.45, 2.75) is 26.8 Å². The molecule has 1 heterocycles. The number of nitrogens with two attached hydrogens (primary N) is 1. The van der Waals surface area contributed by atoms with Crippen LogP contribution in [0.5, 0.6) is 0 Å². The maximum Gasteiger partial charge on any atom is 0.229 e. The molecule has 0 saturated carbocycles. The lowest BCUT2D eigenvalue weighted by Gasteiger charge is -2.14. The predicted octanol–water partition coefficient (Wildman–Crippen LogP) is 2.74. The van der Waals surface area contributed by atoms with Gasteiger partial charge in [0.25, 0.3) is 0 Å². The van der Waals surface area contributed by atoms with E-state index in [2.05, 4.69) is 10.4 Å². The third-order valence-corrected chi connectivity index (χ3v) is 3.75. The Morgan fingerprint density at radius 3 is 2.55 bits per heavy atom. The first-order valence-corrected chi connectivity index (χ1v) is 7.06. The predicted molar refractivity (Wildman–Crippen MR) is 92.1 cm³/mol. The molecule has 1 aromatic carbocycles. The number of aryl methyl sites for hydroxylation is 2. The van der Waals surface area contributed by atoms with Gasteiger partial charge in [0.1, 0.15) is 5.82 Å². The second-order valence-electron chi connectivity index (χ2n) is 5.49. The fourth-order valence-electron chi connectivity index (χ4n) is 2.05. The van der Waals surface area contributed by atoms with Gasteiger partial charge in [0.15, 0.2) is 0 Å². The highest BCUT2D eigenvalue weighted by molar-refractivity contribution is 5.92. The molecule has 0 radical (unpaired) electrons. The minimum absolute atomic E-state index is 0. The van der Waals surface area contributed by atoms with Gasteiger partial charge < -0.3 is 11.1 Å². The molecule has 5 nitrogen and oxygen atoms in total. The number of aromatic nitrogens is 2. The monoisotopic (exact) mass is 322 g/mol. The molecule has 3 N–H and O–H groups in total. The van der Waals surface area contributed by atoms with Crippen molar-refractivity contribution in [3.63, 3.8) is 0 Å². The van der Waals surface area contributed by atoms with Crippen LogP contribution in [0.15, 0.2) is 30.3 Å². The van der Waals surface area contributed by atoms with E-state index in [1.165, 1.54) is 0 Å². The molecule has 0 fully saturated rings. The topological polar surface area (TPSA) is 72.9 Å². The summed E-state index contributed by atoms with van der Waals surface area (Å²) in [5.74, 6) is 0.330. The lowest BCUT2D eigenvalue weighted by atomic mass is 10.0. The van der Waals surface area contributed by atoms with Gasteiger partial charge in [0.2, 0.25) is 5.91 Å². The van der Waals surface area contributed by atoms with E-state index in [9.17, 15) is 4.79 Å². The quantitative estimate of drug-likeness (QED) is 0.909. The Hall–Kier alpha value is -1.85. The van der Waals surface area contributed by atoms with Crippen LogP contribution in [0.1, 0.15) is 19.4 Å². The van der Waals surface area contributed by atoms with Crippen molar-refractivity contribution in [2.24, 2.45) is 18.7 Å². The number of amides is 1. The number of halogens is 1. The number of carbonyl (C=O) groups is 1. The number of rotatable bonds is 4. The molecule has 0 bridgehead atoms. The number of anilines is 1. The summed E-state index contributed by atoms with van der Waals surface area (Å²) < 4.78 is 1.67. The van der Waals surface area contributed by atoms with Crippen LogP contribution in [0.25, 0.3) is 11.3 Å². The Morgan fingerprint density at radius 2 is 1.95 bits per heavy atom. The van der Waals surface area contributed by atoms with Crippen molar-refractivity contribution >= 4 is 24.1 Å². The van der Waals surface area contributed by atoms with E-state index in [0.29, 0.717) is 5.82 Å². The lowest BCUT2D eigenvalue weighted by Crippen LogP contribution is -2.34. The highest BCUT2D eigenvalue weighted by Crippen LogP contribution is 2.24. The lowest BCUT2D eigenvalue weighted by molar-refractivity contribution is -0.119. The van der Waals surface area contributed by atoms with E-state index >= 15 is 0 Å². The van der Waals surface area contributed by atoms with Crippen molar-refractivity contribution in [1.82, 2.24) is 9.78 Å². The van der Waals surface area contributed by atoms with Gasteiger partial charge >= 0.3 is 0 Å². The van der Waals surface area contributed by atoms with E-state index < -0.39 is 0 Å². The third kappa shape index (κ3) is 3.87. The Morgan fingerprint density at radius 1 is 1.32 bits per heavy atom. The average Bonchev–Trinajstić information content (AvgIpc) is 2.79. The molecule has 2 atom stereocenters. The van der Waals surface area contributed by atoms with Gasteiger partial charge in [0.05, 0.1) is 11.6 Å². The van der Waals surface area contributed by atoms with Gasteiger partial charge in [-0.25, -0.2) is 0 Å². The SMILES string of the molecule is Cc1ccccc1-c1cc(NC(=O)C(C)C(C)N)n(C)n1.Cl. The molecule has 0 spiro atoms. The first-order chi connectivity index (χ1) is 9.90. The first kappa shape index (κ1) is 18.2. The van der Waals surface area contributed by atoms with Crippen molar-refractivity contribution in [1.29, 1.82) is 0 Å². The van der Waals surface area contributed by atoms with Crippen molar-refractivity contribution in [3.05, 3.63) is 35.9 Å². The molecule has 0 aliphatic carbocycles. The maximum absolute atomic E-state index is 12.1. The summed E-state index contributed by atoms with van der Waals surface area (Å²) in [6.45, 7) is 5.69. The molecule has 2 aromatic rings. The van der Waals surface area contributed by atoms with Gasteiger partial charge in [-0.2, -0.15) is 5.10 Å². The molecule has 22 heavy (non-hydrogen) atoms. The van der Waals surface area contributed by atoms with Crippen LogP contribution in [0.3, 0.4) is 0 Å². The standard InChI is InChI=1S/C16H22N4O.ClH/c1-10-7-5-6-8-13(10)14-9-15(20(4)19-14)18-16(21)11(2)12(3)17;/h5-9,11-12H,17H2,1-4H3,(H,18,21);1H. The van der Waals surface area contributed by atoms with Crippen molar-refractivity contribution < 1.29 is 4.79 Å². The van der Waals surface area contributed by atoms with Crippen LogP contribution in [0, 0.1) is 12.8 Å². The van der Waals surface area contributed by atoms with E-state index in [1.807, 2.05) is 58.2 Å². The minimum Gasteiger partial charge on any atom is -0.327 e. The van der Waals surface area contributed by atoms with Crippen LogP contribution in [0.2, 0.25) is 0 Å². The van der Waals surface area contributed by atoms with E-state index in [1.54, 1.807) is 4.68 Å². The molecule has 1 aromatic heterocycles. The smallest absolute Gasteiger partial charge is 0.229 e. The fourth-order valence-corrected chi connectivity index (χ4v) is 2.05. The van der Waals surface area contributed by atoms with Crippen LogP contribution < -0.4 is 11.1 Å². The van der Waals surface area contributed by atoms with Gasteiger partial charge in [-0.15, -0.1) is 12.4 Å². The van der Waals surface area contributed by atoms with Gasteiger partial charge in [-0.3, -0.25) is 9.48 Å². The molecule has 0 aliphatic rings.